The minimum atomic E-state index is -0.298. The van der Waals surface area contributed by atoms with E-state index in [1.54, 1.807) is 6.07 Å². The first-order valence-corrected chi connectivity index (χ1v) is 6.76. The molecule has 0 spiro atoms. The van der Waals surface area contributed by atoms with Crippen molar-refractivity contribution in [2.75, 3.05) is 0 Å². The van der Waals surface area contributed by atoms with Gasteiger partial charge in [0.2, 0.25) is 0 Å². The molecular formula is C13H17BCl2O2. The standard InChI is InChI=1S/C13H17BCl2O2/c1-12(2)13(3,4)18-14(17-12)8-9-5-6-10(15)11(16)7-9/h5-7H,8H2,1-4H3. The van der Waals surface area contributed by atoms with E-state index in [0.717, 1.165) is 5.56 Å². The Bertz CT molecular complexity index is 444. The predicted molar refractivity (Wildman–Crippen MR) is 76.2 cm³/mol. The van der Waals surface area contributed by atoms with Gasteiger partial charge in [-0.3, -0.25) is 0 Å². The van der Waals surface area contributed by atoms with Crippen LogP contribution in [0, 0.1) is 0 Å². The maximum Gasteiger partial charge on any atom is 0.462 e. The summed E-state index contributed by atoms with van der Waals surface area (Å²) < 4.78 is 11.9. The highest BCUT2D eigenvalue weighted by Gasteiger charge is 2.50. The minimum Gasteiger partial charge on any atom is -0.403 e. The van der Waals surface area contributed by atoms with Gasteiger partial charge in [-0.1, -0.05) is 29.3 Å². The molecule has 2 rings (SSSR count). The average molecular weight is 287 g/mol. The van der Waals surface area contributed by atoms with Crippen LogP contribution < -0.4 is 0 Å². The first-order valence-electron chi connectivity index (χ1n) is 6.01. The van der Waals surface area contributed by atoms with E-state index >= 15 is 0 Å². The molecule has 0 N–H and O–H groups in total. The van der Waals surface area contributed by atoms with E-state index in [9.17, 15) is 0 Å². The fourth-order valence-corrected chi connectivity index (χ4v) is 2.23. The molecule has 2 nitrogen and oxygen atoms in total. The van der Waals surface area contributed by atoms with Gasteiger partial charge in [-0.15, -0.1) is 0 Å². The number of halogens is 2. The Kier molecular flexibility index (Phi) is 3.72. The summed E-state index contributed by atoms with van der Waals surface area (Å²) >= 11 is 11.9. The van der Waals surface area contributed by atoms with Gasteiger partial charge in [0.05, 0.1) is 21.2 Å². The molecule has 0 aromatic heterocycles. The van der Waals surface area contributed by atoms with Crippen LogP contribution >= 0.6 is 23.2 Å². The molecule has 1 aliphatic heterocycles. The predicted octanol–water partition coefficient (Wildman–Crippen LogP) is 4.17. The Labute approximate surface area is 119 Å². The second-order valence-electron chi connectivity index (χ2n) is 5.64. The third kappa shape index (κ3) is 2.69. The lowest BCUT2D eigenvalue weighted by Crippen LogP contribution is -2.41. The number of benzene rings is 1. The highest BCUT2D eigenvalue weighted by atomic mass is 35.5. The van der Waals surface area contributed by atoms with Crippen LogP contribution in [0.2, 0.25) is 10.0 Å². The van der Waals surface area contributed by atoms with Crippen LogP contribution in [-0.4, -0.2) is 18.3 Å². The maximum absolute atomic E-state index is 6.00. The van der Waals surface area contributed by atoms with E-state index in [-0.39, 0.29) is 18.3 Å². The fourth-order valence-electron chi connectivity index (χ4n) is 1.91. The van der Waals surface area contributed by atoms with Gasteiger partial charge in [-0.05, 0) is 45.4 Å². The smallest absolute Gasteiger partial charge is 0.403 e. The molecule has 0 aliphatic carbocycles. The van der Waals surface area contributed by atoms with Crippen molar-refractivity contribution in [1.82, 2.24) is 0 Å². The van der Waals surface area contributed by atoms with E-state index in [1.165, 1.54) is 0 Å². The quantitative estimate of drug-likeness (QED) is 0.760. The van der Waals surface area contributed by atoms with Gasteiger partial charge in [-0.2, -0.15) is 0 Å². The normalized spacial score (nSPS) is 21.3. The molecule has 0 radical (unpaired) electrons. The van der Waals surface area contributed by atoms with Crippen LogP contribution in [0.1, 0.15) is 33.3 Å². The Morgan fingerprint density at radius 3 is 2.06 bits per heavy atom. The zero-order valence-electron chi connectivity index (χ0n) is 11.1. The average Bonchev–Trinajstić information content (AvgIpc) is 2.41. The molecule has 1 heterocycles. The van der Waals surface area contributed by atoms with Gasteiger partial charge in [0.25, 0.3) is 0 Å². The van der Waals surface area contributed by atoms with Crippen LogP contribution in [0.3, 0.4) is 0 Å². The number of hydrogen-bond acceptors (Lipinski definition) is 2. The van der Waals surface area contributed by atoms with Crippen molar-refractivity contribution >= 4 is 30.3 Å². The van der Waals surface area contributed by atoms with Crippen molar-refractivity contribution in [3.63, 3.8) is 0 Å². The first-order chi connectivity index (χ1) is 8.21. The maximum atomic E-state index is 6.00. The van der Waals surface area contributed by atoms with Crippen molar-refractivity contribution in [1.29, 1.82) is 0 Å². The molecule has 0 amide bonds. The summed E-state index contributed by atoms with van der Waals surface area (Å²) in [5.41, 5.74) is 0.463. The van der Waals surface area contributed by atoms with Crippen LogP contribution in [0.25, 0.3) is 0 Å². The zero-order valence-corrected chi connectivity index (χ0v) is 12.6. The van der Waals surface area contributed by atoms with E-state index in [1.807, 2.05) is 39.8 Å². The summed E-state index contributed by atoms with van der Waals surface area (Å²) in [4.78, 5) is 0. The van der Waals surface area contributed by atoms with E-state index < -0.39 is 0 Å². The molecule has 1 saturated heterocycles. The molecule has 0 bridgehead atoms. The van der Waals surface area contributed by atoms with Crippen LogP contribution in [0.15, 0.2) is 18.2 Å². The largest absolute Gasteiger partial charge is 0.462 e. The lowest BCUT2D eigenvalue weighted by molar-refractivity contribution is 0.00578. The molecule has 5 heteroatoms. The monoisotopic (exact) mass is 286 g/mol. The van der Waals surface area contributed by atoms with Gasteiger partial charge in [0.15, 0.2) is 0 Å². The van der Waals surface area contributed by atoms with E-state index in [4.69, 9.17) is 32.5 Å². The van der Waals surface area contributed by atoms with Gasteiger partial charge in [0.1, 0.15) is 0 Å². The molecule has 98 valence electrons. The van der Waals surface area contributed by atoms with E-state index in [0.29, 0.717) is 16.4 Å². The van der Waals surface area contributed by atoms with Gasteiger partial charge in [0, 0.05) is 6.32 Å². The van der Waals surface area contributed by atoms with Crippen molar-refractivity contribution in [3.05, 3.63) is 33.8 Å². The lowest BCUT2D eigenvalue weighted by atomic mass is 9.81. The highest BCUT2D eigenvalue weighted by Crippen LogP contribution is 2.37. The fraction of sp³-hybridized carbons (Fsp3) is 0.538. The van der Waals surface area contributed by atoms with Crippen molar-refractivity contribution in [2.45, 2.75) is 45.2 Å². The second-order valence-corrected chi connectivity index (χ2v) is 6.45. The molecule has 0 atom stereocenters. The number of hydrogen-bond donors (Lipinski definition) is 0. The molecule has 18 heavy (non-hydrogen) atoms. The summed E-state index contributed by atoms with van der Waals surface area (Å²) in [5.74, 6) is 0. The molecule has 0 saturated carbocycles. The van der Waals surface area contributed by atoms with Crippen molar-refractivity contribution < 1.29 is 9.31 Å². The molecule has 1 aromatic rings. The topological polar surface area (TPSA) is 18.5 Å². The summed E-state index contributed by atoms with van der Waals surface area (Å²) in [6.07, 6.45) is 0.670. The minimum absolute atomic E-state index is 0.243. The summed E-state index contributed by atoms with van der Waals surface area (Å²) in [7, 11) is -0.243. The Morgan fingerprint density at radius 1 is 1.00 bits per heavy atom. The molecule has 0 unspecified atom stereocenters. The Balaban J connectivity index is 2.10. The summed E-state index contributed by atoms with van der Waals surface area (Å²) in [6.45, 7) is 8.17. The second kappa shape index (κ2) is 4.71. The Hall–Kier alpha value is -0.215. The highest BCUT2D eigenvalue weighted by molar-refractivity contribution is 6.45. The van der Waals surface area contributed by atoms with Crippen LogP contribution in [-0.2, 0) is 15.6 Å². The van der Waals surface area contributed by atoms with E-state index in [2.05, 4.69) is 0 Å². The van der Waals surface area contributed by atoms with Crippen molar-refractivity contribution in [3.8, 4) is 0 Å². The van der Waals surface area contributed by atoms with Crippen LogP contribution in [0.4, 0.5) is 0 Å². The SMILES string of the molecule is CC1(C)OB(Cc2ccc(Cl)c(Cl)c2)OC1(C)C. The summed E-state index contributed by atoms with van der Waals surface area (Å²) in [6, 6.07) is 5.60. The Morgan fingerprint density at radius 2 is 1.56 bits per heavy atom. The summed E-state index contributed by atoms with van der Waals surface area (Å²) in [5, 5.41) is 1.13. The first kappa shape index (κ1) is 14.2. The molecule has 1 aromatic carbocycles. The molecule has 1 aliphatic rings. The van der Waals surface area contributed by atoms with Crippen LogP contribution in [0.5, 0.6) is 0 Å². The molecule has 1 fully saturated rings. The third-order valence-electron chi connectivity index (χ3n) is 3.69. The van der Waals surface area contributed by atoms with Gasteiger partial charge in [-0.25, -0.2) is 0 Å². The lowest BCUT2D eigenvalue weighted by Gasteiger charge is -2.32. The zero-order chi connectivity index (χ0) is 13.6. The van der Waals surface area contributed by atoms with Crippen molar-refractivity contribution in [2.24, 2.45) is 0 Å². The van der Waals surface area contributed by atoms with Gasteiger partial charge >= 0.3 is 7.12 Å². The molecular weight excluding hydrogens is 270 g/mol. The third-order valence-corrected chi connectivity index (χ3v) is 4.43. The number of rotatable bonds is 2. The van der Waals surface area contributed by atoms with Gasteiger partial charge < -0.3 is 9.31 Å².